The van der Waals surface area contributed by atoms with E-state index in [0.717, 1.165) is 33.6 Å². The molecule has 0 fully saturated rings. The molecule has 0 saturated carbocycles. The zero-order valence-corrected chi connectivity index (χ0v) is 21.9. The summed E-state index contributed by atoms with van der Waals surface area (Å²) in [6.45, 7) is 9.63. The van der Waals surface area contributed by atoms with E-state index in [2.05, 4.69) is 10.1 Å². The van der Waals surface area contributed by atoms with Crippen molar-refractivity contribution in [3.8, 4) is 17.0 Å². The van der Waals surface area contributed by atoms with Gasteiger partial charge in [0.25, 0.3) is 0 Å². The Balaban J connectivity index is 1.70. The van der Waals surface area contributed by atoms with Crippen LogP contribution in [0, 0.1) is 19.7 Å². The van der Waals surface area contributed by atoms with Crippen LogP contribution in [0.15, 0.2) is 36.7 Å². The lowest BCUT2D eigenvalue weighted by Gasteiger charge is -2.28. The summed E-state index contributed by atoms with van der Waals surface area (Å²) >= 11 is 0. The highest BCUT2D eigenvalue weighted by atomic mass is 19.1. The highest BCUT2D eigenvalue weighted by molar-refractivity contribution is 6.05. The molecule has 0 saturated heterocycles. The highest BCUT2D eigenvalue weighted by Gasteiger charge is 2.30. The average Bonchev–Trinajstić information content (AvgIpc) is 3.42. The molecule has 0 atom stereocenters. The van der Waals surface area contributed by atoms with Gasteiger partial charge < -0.3 is 9.47 Å². The van der Waals surface area contributed by atoms with Crippen LogP contribution < -0.4 is 9.64 Å². The number of benzene rings is 1. The molecule has 37 heavy (non-hydrogen) atoms. The van der Waals surface area contributed by atoms with Crippen molar-refractivity contribution in [1.29, 1.82) is 0 Å². The van der Waals surface area contributed by atoms with Crippen LogP contribution in [-0.2, 0) is 24.8 Å². The van der Waals surface area contributed by atoms with Crippen LogP contribution in [0.1, 0.15) is 43.3 Å². The normalized spacial score (nSPS) is 12.9. The summed E-state index contributed by atoms with van der Waals surface area (Å²) in [5.41, 5.74) is 3.84. The number of halogens is 1. The largest absolute Gasteiger partial charge is 0.493 e. The fraction of sp³-hybridized carbons (Fsp3) is 0.357. The van der Waals surface area contributed by atoms with Gasteiger partial charge in [-0.2, -0.15) is 5.10 Å². The number of pyridine rings is 2. The molecule has 192 valence electrons. The second-order valence-electron chi connectivity index (χ2n) is 10.3. The molecule has 1 amide bonds. The van der Waals surface area contributed by atoms with Gasteiger partial charge in [0.2, 0.25) is 0 Å². The zero-order valence-electron chi connectivity index (χ0n) is 21.9. The number of carbonyl (C=O) groups is 1. The number of rotatable bonds is 4. The molecule has 0 bridgehead atoms. The summed E-state index contributed by atoms with van der Waals surface area (Å²) in [4.78, 5) is 24.2. The lowest BCUT2D eigenvalue weighted by molar-refractivity contribution is 0.0576. The minimum Gasteiger partial charge on any atom is -0.493 e. The van der Waals surface area contributed by atoms with Crippen LogP contribution in [0.4, 0.5) is 15.0 Å². The lowest BCUT2D eigenvalue weighted by Crippen LogP contribution is -2.37. The van der Waals surface area contributed by atoms with Gasteiger partial charge in [-0.3, -0.25) is 14.6 Å². The number of fused-ring (bicyclic) bond motifs is 2. The average molecular weight is 504 g/mol. The van der Waals surface area contributed by atoms with Crippen LogP contribution in [0.5, 0.6) is 5.75 Å². The fourth-order valence-electron chi connectivity index (χ4n) is 4.69. The van der Waals surface area contributed by atoms with Crippen molar-refractivity contribution >= 4 is 22.7 Å². The van der Waals surface area contributed by atoms with E-state index in [1.165, 1.54) is 11.0 Å². The zero-order chi connectivity index (χ0) is 26.5. The van der Waals surface area contributed by atoms with E-state index in [-0.39, 0.29) is 6.54 Å². The number of carbonyl (C=O) groups excluding carboxylic acids is 1. The molecule has 0 aliphatic carbocycles. The Morgan fingerprint density at radius 3 is 2.62 bits per heavy atom. The molecular formula is C28H30FN5O3. The number of aromatic nitrogens is 4. The van der Waals surface area contributed by atoms with Gasteiger partial charge in [0, 0.05) is 53.6 Å². The number of anilines is 1. The molecule has 4 aromatic rings. The van der Waals surface area contributed by atoms with Gasteiger partial charge in [0.15, 0.2) is 0 Å². The first-order valence-corrected chi connectivity index (χ1v) is 12.2. The van der Waals surface area contributed by atoms with Crippen molar-refractivity contribution in [3.63, 3.8) is 0 Å². The minimum atomic E-state index is -0.757. The van der Waals surface area contributed by atoms with E-state index in [9.17, 15) is 4.79 Å². The van der Waals surface area contributed by atoms with Gasteiger partial charge in [-0.05, 0) is 64.3 Å². The quantitative estimate of drug-likeness (QED) is 0.357. The summed E-state index contributed by atoms with van der Waals surface area (Å²) in [6, 6.07) is 6.95. The van der Waals surface area contributed by atoms with E-state index < -0.39 is 17.5 Å². The topological polar surface area (TPSA) is 82.4 Å². The lowest BCUT2D eigenvalue weighted by atomic mass is 10.0. The van der Waals surface area contributed by atoms with Crippen molar-refractivity contribution < 1.29 is 18.7 Å². The maximum atomic E-state index is 15.1. The molecule has 1 aliphatic rings. The molecule has 3 aromatic heterocycles. The number of amides is 1. The van der Waals surface area contributed by atoms with Crippen LogP contribution >= 0.6 is 0 Å². The first-order valence-electron chi connectivity index (χ1n) is 12.2. The molecule has 9 heteroatoms. The van der Waals surface area contributed by atoms with E-state index in [1.54, 1.807) is 43.9 Å². The molecule has 8 nitrogen and oxygen atoms in total. The number of nitrogens with zero attached hydrogens (tertiary/aromatic N) is 5. The van der Waals surface area contributed by atoms with E-state index in [0.29, 0.717) is 35.5 Å². The highest BCUT2D eigenvalue weighted by Crippen LogP contribution is 2.36. The minimum absolute atomic E-state index is 0.0621. The van der Waals surface area contributed by atoms with Gasteiger partial charge in [-0.1, -0.05) is 0 Å². The Kier molecular flexibility index (Phi) is 6.09. The maximum absolute atomic E-state index is 15.1. The van der Waals surface area contributed by atoms with Crippen molar-refractivity contribution in [1.82, 2.24) is 19.7 Å². The number of hydrogen-bond donors (Lipinski definition) is 0. The second kappa shape index (κ2) is 9.14. The van der Waals surface area contributed by atoms with E-state index >= 15 is 4.39 Å². The number of aryl methyl sites for hydroxylation is 3. The summed E-state index contributed by atoms with van der Waals surface area (Å²) in [5, 5.41) is 5.98. The molecule has 5 rings (SSSR count). The number of hydrogen-bond acceptors (Lipinski definition) is 6. The van der Waals surface area contributed by atoms with Crippen molar-refractivity contribution in [2.24, 2.45) is 7.05 Å². The number of ether oxygens (including phenoxy) is 2. The predicted octanol–water partition coefficient (Wildman–Crippen LogP) is 5.66. The van der Waals surface area contributed by atoms with E-state index in [1.807, 2.05) is 33.0 Å². The summed E-state index contributed by atoms with van der Waals surface area (Å²) < 4.78 is 28.3. The third kappa shape index (κ3) is 4.73. The SMILES string of the molecule is Cc1cc2c(-c3cc(C)nn3C)cnc(N(Cc3c(F)ccc4c3CCO4)C(=O)OC(C)(C)C)c2cn1. The Morgan fingerprint density at radius 2 is 1.92 bits per heavy atom. The third-order valence-electron chi connectivity index (χ3n) is 6.29. The van der Waals surface area contributed by atoms with Crippen LogP contribution in [0.3, 0.4) is 0 Å². The molecule has 1 aromatic carbocycles. The fourth-order valence-corrected chi connectivity index (χ4v) is 4.69. The van der Waals surface area contributed by atoms with Crippen LogP contribution in [0.2, 0.25) is 0 Å². The second-order valence-corrected chi connectivity index (χ2v) is 10.3. The summed E-state index contributed by atoms with van der Waals surface area (Å²) in [5.74, 6) is 0.575. The van der Waals surface area contributed by atoms with Gasteiger partial charge in [0.05, 0.1) is 24.5 Å². The first-order chi connectivity index (χ1) is 17.5. The van der Waals surface area contributed by atoms with Crippen molar-refractivity contribution in [2.75, 3.05) is 11.5 Å². The molecule has 4 heterocycles. The monoisotopic (exact) mass is 503 g/mol. The van der Waals surface area contributed by atoms with Crippen molar-refractivity contribution in [2.45, 2.75) is 53.2 Å². The Hall–Kier alpha value is -4.01. The Labute approximate surface area is 215 Å². The summed E-state index contributed by atoms with van der Waals surface area (Å²) in [7, 11) is 1.88. The Morgan fingerprint density at radius 1 is 1.14 bits per heavy atom. The molecule has 0 radical (unpaired) electrons. The Bertz CT molecular complexity index is 1520. The molecule has 1 aliphatic heterocycles. The summed E-state index contributed by atoms with van der Waals surface area (Å²) in [6.07, 6.45) is 3.37. The molecular weight excluding hydrogens is 473 g/mol. The molecule has 0 spiro atoms. The van der Waals surface area contributed by atoms with Crippen molar-refractivity contribution in [3.05, 3.63) is 65.0 Å². The first kappa shape index (κ1) is 24.7. The third-order valence-corrected chi connectivity index (χ3v) is 6.29. The van der Waals surface area contributed by atoms with Crippen LogP contribution in [-0.4, -0.2) is 38.0 Å². The molecule has 0 unspecified atom stereocenters. The van der Waals surface area contributed by atoms with E-state index in [4.69, 9.17) is 14.5 Å². The van der Waals surface area contributed by atoms with Gasteiger partial charge in [-0.25, -0.2) is 14.2 Å². The predicted molar refractivity (Wildman–Crippen MR) is 139 cm³/mol. The van der Waals surface area contributed by atoms with Crippen LogP contribution in [0.25, 0.3) is 22.0 Å². The standard InChI is InChI=1S/C28H30FN5O3/c1-16-11-19-20(24-12-17(2)32-33(24)6)13-31-26(21(19)14-30-16)34(27(35)37-28(3,4)5)15-22-18-9-10-36-25(18)8-7-23(22)29/h7-8,11-14H,9-10,15H2,1-6H3. The van der Waals surface area contributed by atoms with Gasteiger partial charge in [-0.15, -0.1) is 0 Å². The van der Waals surface area contributed by atoms with Gasteiger partial charge >= 0.3 is 6.09 Å². The van der Waals surface area contributed by atoms with Gasteiger partial charge in [0.1, 0.15) is 23.0 Å². The maximum Gasteiger partial charge on any atom is 0.416 e. The molecule has 0 N–H and O–H groups in total. The smallest absolute Gasteiger partial charge is 0.416 e.